The van der Waals surface area contributed by atoms with Gasteiger partial charge in [0.1, 0.15) is 17.3 Å². The molecule has 0 spiro atoms. The van der Waals surface area contributed by atoms with E-state index in [0.717, 1.165) is 11.7 Å². The van der Waals surface area contributed by atoms with Crippen LogP contribution in [0.4, 0.5) is 5.82 Å². The van der Waals surface area contributed by atoms with Crippen LogP contribution in [-0.2, 0) is 6.61 Å². The first-order chi connectivity index (χ1) is 9.17. The standard InChI is InChI=1S/C14H22ClN3O/c1-3-10-4-6-11(7-5-10)18(2)14-12(8-19)13(15)16-9-17-14/h9-11,19H,3-8H2,1-2H3. The fourth-order valence-electron chi connectivity index (χ4n) is 2.94. The number of anilines is 1. The van der Waals surface area contributed by atoms with Crippen molar-refractivity contribution in [2.24, 2.45) is 5.92 Å². The van der Waals surface area contributed by atoms with Crippen LogP contribution in [0.3, 0.4) is 0 Å². The van der Waals surface area contributed by atoms with E-state index in [9.17, 15) is 5.11 Å². The van der Waals surface area contributed by atoms with Gasteiger partial charge in [0, 0.05) is 13.1 Å². The molecule has 1 heterocycles. The molecule has 19 heavy (non-hydrogen) atoms. The van der Waals surface area contributed by atoms with E-state index in [1.54, 1.807) is 0 Å². The molecule has 0 bridgehead atoms. The van der Waals surface area contributed by atoms with Gasteiger partial charge in [0.2, 0.25) is 0 Å². The van der Waals surface area contributed by atoms with Crippen LogP contribution < -0.4 is 4.90 Å². The van der Waals surface area contributed by atoms with E-state index in [4.69, 9.17) is 11.6 Å². The molecule has 1 aromatic heterocycles. The van der Waals surface area contributed by atoms with Crippen LogP contribution in [-0.4, -0.2) is 28.2 Å². The number of aliphatic hydroxyl groups excluding tert-OH is 1. The summed E-state index contributed by atoms with van der Waals surface area (Å²) in [7, 11) is 2.04. The van der Waals surface area contributed by atoms with E-state index < -0.39 is 0 Å². The lowest BCUT2D eigenvalue weighted by molar-refractivity contribution is 0.279. The van der Waals surface area contributed by atoms with Crippen molar-refractivity contribution in [2.45, 2.75) is 51.7 Å². The number of rotatable bonds is 4. The summed E-state index contributed by atoms with van der Waals surface area (Å²) in [6.07, 6.45) is 7.66. The van der Waals surface area contributed by atoms with Crippen LogP contribution in [0.1, 0.15) is 44.6 Å². The Kier molecular flexibility index (Phi) is 4.99. The molecule has 0 aromatic carbocycles. The Balaban J connectivity index is 2.12. The summed E-state index contributed by atoms with van der Waals surface area (Å²) < 4.78 is 0. The van der Waals surface area contributed by atoms with Crippen molar-refractivity contribution in [1.29, 1.82) is 0 Å². The topological polar surface area (TPSA) is 49.2 Å². The van der Waals surface area contributed by atoms with E-state index in [-0.39, 0.29) is 6.61 Å². The minimum atomic E-state index is -0.121. The molecule has 5 heteroatoms. The quantitative estimate of drug-likeness (QED) is 0.863. The molecule has 1 N–H and O–H groups in total. The van der Waals surface area contributed by atoms with Gasteiger partial charge in [0.05, 0.1) is 12.2 Å². The lowest BCUT2D eigenvalue weighted by atomic mass is 9.84. The largest absolute Gasteiger partial charge is 0.391 e. The molecular weight excluding hydrogens is 262 g/mol. The predicted octanol–water partition coefficient (Wildman–Crippen LogP) is 3.03. The smallest absolute Gasteiger partial charge is 0.140 e. The number of hydrogen-bond donors (Lipinski definition) is 1. The van der Waals surface area contributed by atoms with Crippen LogP contribution in [0.2, 0.25) is 5.15 Å². The number of halogens is 1. The maximum atomic E-state index is 9.44. The summed E-state index contributed by atoms with van der Waals surface area (Å²) in [5.74, 6) is 1.64. The van der Waals surface area contributed by atoms with Crippen LogP contribution >= 0.6 is 11.6 Å². The third-order valence-corrected chi connectivity index (χ3v) is 4.63. The van der Waals surface area contributed by atoms with Gasteiger partial charge in [-0.1, -0.05) is 24.9 Å². The number of aliphatic hydroxyl groups is 1. The highest BCUT2D eigenvalue weighted by Crippen LogP contribution is 2.32. The Morgan fingerprint density at radius 2 is 2.00 bits per heavy atom. The van der Waals surface area contributed by atoms with E-state index in [2.05, 4.69) is 21.8 Å². The Labute approximate surface area is 119 Å². The number of nitrogens with zero attached hydrogens (tertiary/aromatic N) is 3. The maximum Gasteiger partial charge on any atom is 0.140 e. The monoisotopic (exact) mass is 283 g/mol. The van der Waals surface area contributed by atoms with Gasteiger partial charge in [-0.3, -0.25) is 0 Å². The van der Waals surface area contributed by atoms with Crippen LogP contribution in [0, 0.1) is 5.92 Å². The lowest BCUT2D eigenvalue weighted by Gasteiger charge is -2.35. The van der Waals surface area contributed by atoms with Crippen molar-refractivity contribution < 1.29 is 5.11 Å². The molecule has 1 saturated carbocycles. The molecule has 1 aliphatic rings. The molecular formula is C14H22ClN3O. The Morgan fingerprint density at radius 3 is 2.58 bits per heavy atom. The van der Waals surface area contributed by atoms with Crippen LogP contribution in [0.15, 0.2) is 6.33 Å². The highest BCUT2D eigenvalue weighted by atomic mass is 35.5. The molecule has 1 fully saturated rings. The summed E-state index contributed by atoms with van der Waals surface area (Å²) in [6, 6.07) is 0.485. The van der Waals surface area contributed by atoms with Crippen molar-refractivity contribution in [3.63, 3.8) is 0 Å². The van der Waals surface area contributed by atoms with E-state index in [1.807, 2.05) is 7.05 Å². The van der Waals surface area contributed by atoms with Crippen LogP contribution in [0.5, 0.6) is 0 Å². The Morgan fingerprint density at radius 1 is 1.32 bits per heavy atom. The zero-order valence-electron chi connectivity index (χ0n) is 11.6. The van der Waals surface area contributed by atoms with Gasteiger partial charge in [-0.05, 0) is 31.6 Å². The molecule has 0 radical (unpaired) electrons. The SMILES string of the molecule is CCC1CCC(N(C)c2ncnc(Cl)c2CO)CC1. The normalized spacial score (nSPS) is 23.4. The average molecular weight is 284 g/mol. The number of hydrogen-bond acceptors (Lipinski definition) is 4. The first kappa shape index (κ1) is 14.5. The van der Waals surface area contributed by atoms with Crippen LogP contribution in [0.25, 0.3) is 0 Å². The molecule has 0 aliphatic heterocycles. The zero-order chi connectivity index (χ0) is 13.8. The fraction of sp³-hybridized carbons (Fsp3) is 0.714. The summed E-state index contributed by atoms with van der Waals surface area (Å²) in [5, 5.41) is 9.78. The molecule has 106 valence electrons. The van der Waals surface area contributed by atoms with Crippen molar-refractivity contribution >= 4 is 17.4 Å². The predicted molar refractivity (Wildman–Crippen MR) is 77.4 cm³/mol. The zero-order valence-corrected chi connectivity index (χ0v) is 12.4. The van der Waals surface area contributed by atoms with Gasteiger partial charge in [0.25, 0.3) is 0 Å². The summed E-state index contributed by atoms with van der Waals surface area (Å²) in [5.41, 5.74) is 0.629. The van der Waals surface area contributed by atoms with Crippen molar-refractivity contribution in [3.8, 4) is 0 Å². The van der Waals surface area contributed by atoms with Gasteiger partial charge in [0.15, 0.2) is 0 Å². The average Bonchev–Trinajstić information content (AvgIpc) is 2.46. The van der Waals surface area contributed by atoms with Crippen molar-refractivity contribution in [1.82, 2.24) is 9.97 Å². The third-order valence-electron chi connectivity index (χ3n) is 4.30. The van der Waals surface area contributed by atoms with E-state index in [0.29, 0.717) is 16.8 Å². The summed E-state index contributed by atoms with van der Waals surface area (Å²) in [6.45, 7) is 2.15. The molecule has 0 atom stereocenters. The molecule has 0 amide bonds. The lowest BCUT2D eigenvalue weighted by Crippen LogP contribution is -2.36. The minimum absolute atomic E-state index is 0.121. The molecule has 2 rings (SSSR count). The highest BCUT2D eigenvalue weighted by molar-refractivity contribution is 6.30. The summed E-state index contributed by atoms with van der Waals surface area (Å²) >= 11 is 6.02. The number of aromatic nitrogens is 2. The molecule has 1 aromatic rings. The molecule has 4 nitrogen and oxygen atoms in total. The van der Waals surface area contributed by atoms with Gasteiger partial charge >= 0.3 is 0 Å². The molecule has 0 saturated heterocycles. The Bertz CT molecular complexity index is 419. The highest BCUT2D eigenvalue weighted by Gasteiger charge is 2.25. The van der Waals surface area contributed by atoms with Gasteiger partial charge in [-0.2, -0.15) is 0 Å². The maximum absolute atomic E-state index is 9.44. The van der Waals surface area contributed by atoms with Crippen molar-refractivity contribution in [2.75, 3.05) is 11.9 Å². The van der Waals surface area contributed by atoms with Gasteiger partial charge in [-0.15, -0.1) is 0 Å². The molecule has 1 aliphatic carbocycles. The minimum Gasteiger partial charge on any atom is -0.391 e. The van der Waals surface area contributed by atoms with Gasteiger partial charge in [-0.25, -0.2) is 9.97 Å². The Hall–Kier alpha value is -0.870. The third kappa shape index (κ3) is 3.18. The van der Waals surface area contributed by atoms with Crippen molar-refractivity contribution in [3.05, 3.63) is 17.0 Å². The second-order valence-corrected chi connectivity index (χ2v) is 5.68. The van der Waals surface area contributed by atoms with Gasteiger partial charge < -0.3 is 10.0 Å². The first-order valence-corrected chi connectivity index (χ1v) is 7.38. The second kappa shape index (κ2) is 6.53. The first-order valence-electron chi connectivity index (χ1n) is 7.00. The van der Waals surface area contributed by atoms with E-state index >= 15 is 0 Å². The fourth-order valence-corrected chi connectivity index (χ4v) is 3.12. The second-order valence-electron chi connectivity index (χ2n) is 5.32. The molecule has 0 unspecified atom stereocenters. The summed E-state index contributed by atoms with van der Waals surface area (Å²) in [4.78, 5) is 10.4. The van der Waals surface area contributed by atoms with E-state index in [1.165, 1.54) is 38.4 Å².